The molecular formula is C21H29N3S2. The molecule has 3 rings (SSSR count). The second-order valence-electron chi connectivity index (χ2n) is 6.78. The van der Waals surface area contributed by atoms with E-state index in [-0.39, 0.29) is 0 Å². The number of nitrogens with one attached hydrogen (secondary N) is 1. The minimum Gasteiger partial charge on any atom is -0.369 e. The molecule has 0 saturated carbocycles. The first-order valence-electron chi connectivity index (χ1n) is 9.90. The van der Waals surface area contributed by atoms with Crippen LogP contribution in [0.3, 0.4) is 0 Å². The van der Waals surface area contributed by atoms with Crippen LogP contribution in [0.25, 0.3) is 20.7 Å². The molecule has 0 fully saturated rings. The Labute approximate surface area is 164 Å². The van der Waals surface area contributed by atoms with Gasteiger partial charge in [-0.05, 0) is 17.9 Å². The summed E-state index contributed by atoms with van der Waals surface area (Å²) in [5.41, 5.74) is 1.26. The van der Waals surface area contributed by atoms with Crippen LogP contribution in [0.1, 0.15) is 64.7 Å². The first kappa shape index (κ1) is 19.3. The summed E-state index contributed by atoms with van der Waals surface area (Å²) in [6.45, 7) is 3.26. The molecule has 3 aromatic heterocycles. The van der Waals surface area contributed by atoms with Crippen LogP contribution in [-0.4, -0.2) is 16.5 Å². The number of fused-ring (bicyclic) bond motifs is 1. The maximum Gasteiger partial charge on any atom is 0.138 e. The smallest absolute Gasteiger partial charge is 0.138 e. The zero-order chi connectivity index (χ0) is 18.0. The lowest BCUT2D eigenvalue weighted by atomic mass is 10.1. The number of nitrogens with zero attached hydrogens (tertiary/aromatic N) is 2. The summed E-state index contributed by atoms with van der Waals surface area (Å²) in [7, 11) is 0. The number of hydrogen-bond donors (Lipinski definition) is 1. The third kappa shape index (κ3) is 5.27. The summed E-state index contributed by atoms with van der Waals surface area (Å²) in [4.78, 5) is 11.3. The summed E-state index contributed by atoms with van der Waals surface area (Å²) in [6, 6.07) is 4.27. The molecule has 0 atom stereocenters. The molecule has 0 aliphatic rings. The number of thiophene rings is 2. The molecule has 0 bridgehead atoms. The minimum atomic E-state index is 0.985. The van der Waals surface area contributed by atoms with Gasteiger partial charge in [-0.1, -0.05) is 64.4 Å². The Kier molecular flexibility index (Phi) is 7.89. The van der Waals surface area contributed by atoms with Crippen molar-refractivity contribution < 1.29 is 0 Å². The minimum absolute atomic E-state index is 0.985. The molecule has 0 amide bonds. The maximum absolute atomic E-state index is 4.51. The van der Waals surface area contributed by atoms with Crippen molar-refractivity contribution in [1.82, 2.24) is 9.97 Å². The van der Waals surface area contributed by atoms with Gasteiger partial charge >= 0.3 is 0 Å². The highest BCUT2D eigenvalue weighted by Gasteiger charge is 2.13. The SMILES string of the molecule is CCCCCCCCCCCNc1ncnc2scc(-c3cccs3)c12. The van der Waals surface area contributed by atoms with E-state index in [1.54, 1.807) is 29.0 Å². The normalized spacial score (nSPS) is 11.3. The van der Waals surface area contributed by atoms with Gasteiger partial charge in [-0.25, -0.2) is 9.97 Å². The molecule has 3 nitrogen and oxygen atoms in total. The van der Waals surface area contributed by atoms with Crippen molar-refractivity contribution in [3.63, 3.8) is 0 Å². The lowest BCUT2D eigenvalue weighted by Crippen LogP contribution is -2.04. The molecule has 0 aromatic carbocycles. The molecular weight excluding hydrogens is 358 g/mol. The van der Waals surface area contributed by atoms with Crippen LogP contribution in [0.15, 0.2) is 29.2 Å². The third-order valence-electron chi connectivity index (χ3n) is 4.73. The summed E-state index contributed by atoms with van der Waals surface area (Å²) >= 11 is 3.47. The van der Waals surface area contributed by atoms with E-state index in [0.717, 1.165) is 17.2 Å². The average molecular weight is 388 g/mol. The Balaban J connectivity index is 1.45. The van der Waals surface area contributed by atoms with Crippen molar-refractivity contribution in [3.05, 3.63) is 29.2 Å². The lowest BCUT2D eigenvalue weighted by Gasteiger charge is -2.08. The molecule has 3 heterocycles. The van der Waals surface area contributed by atoms with E-state index in [1.807, 2.05) is 0 Å². The fourth-order valence-corrected chi connectivity index (χ4v) is 4.99. The monoisotopic (exact) mass is 387 g/mol. The largest absolute Gasteiger partial charge is 0.369 e. The average Bonchev–Trinajstić information content (AvgIpc) is 3.32. The van der Waals surface area contributed by atoms with Gasteiger partial charge < -0.3 is 5.32 Å². The molecule has 0 saturated heterocycles. The van der Waals surface area contributed by atoms with Crippen molar-refractivity contribution in [2.45, 2.75) is 64.7 Å². The zero-order valence-electron chi connectivity index (χ0n) is 15.7. The van der Waals surface area contributed by atoms with E-state index in [2.05, 4.69) is 45.1 Å². The second kappa shape index (κ2) is 10.6. The number of rotatable bonds is 12. The van der Waals surface area contributed by atoms with Crippen molar-refractivity contribution in [2.75, 3.05) is 11.9 Å². The van der Waals surface area contributed by atoms with Gasteiger partial charge in [0.05, 0.1) is 5.39 Å². The molecule has 0 radical (unpaired) electrons. The number of anilines is 1. The molecule has 0 spiro atoms. The summed E-state index contributed by atoms with van der Waals surface area (Å²) in [5.74, 6) is 0.985. The standard InChI is InChI=1S/C21H29N3S2/c1-2-3-4-5-6-7-8-9-10-13-22-20-19-17(18-12-11-14-25-18)15-26-21(19)24-16-23-20/h11-12,14-16H,2-10,13H2,1H3,(H,22,23,24). The van der Waals surface area contributed by atoms with Crippen molar-refractivity contribution >= 4 is 38.7 Å². The maximum atomic E-state index is 4.51. The fourth-order valence-electron chi connectivity index (χ4n) is 3.26. The summed E-state index contributed by atoms with van der Waals surface area (Å²) < 4.78 is 0. The molecule has 140 valence electrons. The highest BCUT2D eigenvalue weighted by Crippen LogP contribution is 2.38. The van der Waals surface area contributed by atoms with Crippen molar-refractivity contribution in [1.29, 1.82) is 0 Å². The highest BCUT2D eigenvalue weighted by atomic mass is 32.1. The number of aromatic nitrogens is 2. The molecule has 5 heteroatoms. The van der Waals surface area contributed by atoms with Crippen LogP contribution in [0.2, 0.25) is 0 Å². The van der Waals surface area contributed by atoms with Crippen LogP contribution in [-0.2, 0) is 0 Å². The summed E-state index contributed by atoms with van der Waals surface area (Å²) in [5, 5.41) is 9.06. The van der Waals surface area contributed by atoms with E-state index in [0.29, 0.717) is 0 Å². The van der Waals surface area contributed by atoms with Gasteiger partial charge in [0.2, 0.25) is 0 Å². The first-order chi connectivity index (χ1) is 12.9. The quantitative estimate of drug-likeness (QED) is 0.330. The Hall–Kier alpha value is -1.46. The molecule has 0 unspecified atom stereocenters. The van der Waals surface area contributed by atoms with Gasteiger partial charge in [-0.2, -0.15) is 0 Å². The van der Waals surface area contributed by atoms with E-state index in [9.17, 15) is 0 Å². The Bertz CT molecular complexity index is 765. The van der Waals surface area contributed by atoms with Gasteiger partial charge in [0.25, 0.3) is 0 Å². The van der Waals surface area contributed by atoms with Gasteiger partial charge in [-0.15, -0.1) is 22.7 Å². The predicted octanol–water partition coefficient (Wildman–Crippen LogP) is 7.36. The van der Waals surface area contributed by atoms with Crippen molar-refractivity contribution in [3.8, 4) is 10.4 Å². The van der Waals surface area contributed by atoms with Crippen LogP contribution >= 0.6 is 22.7 Å². The van der Waals surface area contributed by atoms with Crippen molar-refractivity contribution in [2.24, 2.45) is 0 Å². The molecule has 3 aromatic rings. The second-order valence-corrected chi connectivity index (χ2v) is 8.59. The first-order valence-corrected chi connectivity index (χ1v) is 11.7. The Morgan fingerprint density at radius 1 is 0.923 bits per heavy atom. The van der Waals surface area contributed by atoms with Crippen LogP contribution in [0.5, 0.6) is 0 Å². The fraction of sp³-hybridized carbons (Fsp3) is 0.524. The van der Waals surface area contributed by atoms with Gasteiger partial charge in [0.1, 0.15) is 17.0 Å². The summed E-state index contributed by atoms with van der Waals surface area (Å²) in [6.07, 6.45) is 13.9. The molecule has 0 aliphatic heterocycles. The molecule has 26 heavy (non-hydrogen) atoms. The highest BCUT2D eigenvalue weighted by molar-refractivity contribution is 7.18. The topological polar surface area (TPSA) is 37.8 Å². The van der Waals surface area contributed by atoms with Gasteiger partial charge in [-0.3, -0.25) is 0 Å². The number of unbranched alkanes of at least 4 members (excludes halogenated alkanes) is 8. The molecule has 0 aliphatic carbocycles. The molecule has 1 N–H and O–H groups in total. The number of hydrogen-bond acceptors (Lipinski definition) is 5. The van der Waals surface area contributed by atoms with E-state index >= 15 is 0 Å². The Morgan fingerprint density at radius 3 is 2.42 bits per heavy atom. The van der Waals surface area contributed by atoms with E-state index < -0.39 is 0 Å². The predicted molar refractivity (Wildman–Crippen MR) is 116 cm³/mol. The van der Waals surface area contributed by atoms with Gasteiger partial charge in [0, 0.05) is 22.4 Å². The lowest BCUT2D eigenvalue weighted by molar-refractivity contribution is 0.569. The van der Waals surface area contributed by atoms with Crippen LogP contribution in [0, 0.1) is 0 Å². The Morgan fingerprint density at radius 2 is 1.69 bits per heavy atom. The van der Waals surface area contributed by atoms with Crippen LogP contribution in [0.4, 0.5) is 5.82 Å². The van der Waals surface area contributed by atoms with Crippen LogP contribution < -0.4 is 5.32 Å². The van der Waals surface area contributed by atoms with Gasteiger partial charge in [0.15, 0.2) is 0 Å². The third-order valence-corrected chi connectivity index (χ3v) is 6.52. The van der Waals surface area contributed by atoms with E-state index in [1.165, 1.54) is 73.6 Å². The zero-order valence-corrected chi connectivity index (χ0v) is 17.3. The van der Waals surface area contributed by atoms with E-state index in [4.69, 9.17) is 0 Å².